The molecule has 3 heteroatoms. The fraction of sp³-hybridized carbons (Fsp3) is 0.160. The summed E-state index contributed by atoms with van der Waals surface area (Å²) in [6, 6.07) is 21.5. The Balaban J connectivity index is 1.99. The molecule has 3 rings (SSSR count). The minimum absolute atomic E-state index is 0.128. The van der Waals surface area contributed by atoms with Crippen LogP contribution >= 0.6 is 0 Å². The predicted molar refractivity (Wildman–Crippen MR) is 117 cm³/mol. The smallest absolute Gasteiger partial charge is 0.256 e. The lowest BCUT2D eigenvalue weighted by atomic mass is 10.0. The Morgan fingerprint density at radius 1 is 0.893 bits per heavy atom. The molecule has 3 aromatic rings. The molecule has 3 nitrogen and oxygen atoms in total. The highest BCUT2D eigenvalue weighted by Gasteiger charge is 2.15. The lowest BCUT2D eigenvalue weighted by Gasteiger charge is -2.15. The Labute approximate surface area is 166 Å². The Bertz CT molecular complexity index is 979. The Kier molecular flexibility index (Phi) is 5.95. The number of methoxy groups -OCH3 is 1. The van der Waals surface area contributed by atoms with Gasteiger partial charge in [0.05, 0.1) is 7.11 Å². The Morgan fingerprint density at radius 2 is 1.50 bits per heavy atom. The minimum atomic E-state index is -0.128. The lowest BCUT2D eigenvalue weighted by Crippen LogP contribution is -2.15. The zero-order chi connectivity index (χ0) is 20.1. The summed E-state index contributed by atoms with van der Waals surface area (Å²) < 4.78 is 5.22. The summed E-state index contributed by atoms with van der Waals surface area (Å²) in [5, 5.41) is 3.12. The van der Waals surface area contributed by atoms with Crippen LogP contribution in [0.15, 0.2) is 66.7 Å². The van der Waals surface area contributed by atoms with Crippen LogP contribution in [0.4, 0.5) is 5.69 Å². The first-order chi connectivity index (χ1) is 13.5. The van der Waals surface area contributed by atoms with Gasteiger partial charge < -0.3 is 10.1 Å². The molecule has 0 aliphatic rings. The zero-order valence-electron chi connectivity index (χ0n) is 16.7. The summed E-state index contributed by atoms with van der Waals surface area (Å²) in [7, 11) is 1.64. The summed E-state index contributed by atoms with van der Waals surface area (Å²) >= 11 is 0. The van der Waals surface area contributed by atoms with Gasteiger partial charge in [-0.25, -0.2) is 0 Å². The second kappa shape index (κ2) is 8.57. The first kappa shape index (κ1) is 19.4. The van der Waals surface area contributed by atoms with Crippen molar-refractivity contribution in [3.63, 3.8) is 0 Å². The van der Waals surface area contributed by atoms with Gasteiger partial charge in [0, 0.05) is 11.3 Å². The third-order valence-corrected chi connectivity index (χ3v) is 4.67. The molecule has 0 fully saturated rings. The molecule has 3 aromatic carbocycles. The summed E-state index contributed by atoms with van der Waals surface area (Å²) in [4.78, 5) is 13.2. The van der Waals surface area contributed by atoms with Crippen molar-refractivity contribution in [3.05, 3.63) is 94.5 Å². The molecule has 0 saturated heterocycles. The highest BCUT2D eigenvalue weighted by Crippen LogP contribution is 2.26. The maximum Gasteiger partial charge on any atom is 0.256 e. The molecule has 0 aromatic heterocycles. The van der Waals surface area contributed by atoms with E-state index in [1.54, 1.807) is 7.11 Å². The first-order valence-corrected chi connectivity index (χ1v) is 9.28. The SMILES string of the molecule is COc1ccc(/C=C(/C(=O)Nc2c(C)cc(C)cc2C)c2ccccc2)cc1. The predicted octanol–water partition coefficient (Wildman–Crippen LogP) is 5.80. The number of carbonyl (C=O) groups is 1. The monoisotopic (exact) mass is 371 g/mol. The van der Waals surface area contributed by atoms with Crippen LogP contribution < -0.4 is 10.1 Å². The summed E-state index contributed by atoms with van der Waals surface area (Å²) in [6.07, 6.45) is 1.91. The number of nitrogens with one attached hydrogen (secondary N) is 1. The third kappa shape index (κ3) is 4.49. The normalized spacial score (nSPS) is 11.2. The number of ether oxygens (including phenoxy) is 1. The van der Waals surface area contributed by atoms with E-state index >= 15 is 0 Å². The maximum atomic E-state index is 13.2. The number of amides is 1. The van der Waals surface area contributed by atoms with E-state index in [0.29, 0.717) is 5.57 Å². The number of rotatable bonds is 5. The van der Waals surface area contributed by atoms with Crippen LogP contribution in [0.3, 0.4) is 0 Å². The van der Waals surface area contributed by atoms with E-state index in [9.17, 15) is 4.79 Å². The zero-order valence-corrected chi connectivity index (χ0v) is 16.7. The fourth-order valence-corrected chi connectivity index (χ4v) is 3.32. The minimum Gasteiger partial charge on any atom is -0.497 e. The summed E-state index contributed by atoms with van der Waals surface area (Å²) in [5.41, 5.74) is 6.60. The number of hydrogen-bond donors (Lipinski definition) is 1. The van der Waals surface area contributed by atoms with Crippen molar-refractivity contribution in [3.8, 4) is 5.75 Å². The van der Waals surface area contributed by atoms with Crippen molar-refractivity contribution in [2.24, 2.45) is 0 Å². The van der Waals surface area contributed by atoms with Gasteiger partial charge in [-0.2, -0.15) is 0 Å². The molecule has 142 valence electrons. The Hall–Kier alpha value is -3.33. The molecule has 28 heavy (non-hydrogen) atoms. The lowest BCUT2D eigenvalue weighted by molar-refractivity contribution is -0.111. The topological polar surface area (TPSA) is 38.3 Å². The average molecular weight is 371 g/mol. The van der Waals surface area contributed by atoms with Crippen LogP contribution in [0.2, 0.25) is 0 Å². The average Bonchev–Trinajstić information content (AvgIpc) is 2.69. The number of aryl methyl sites for hydroxylation is 3. The van der Waals surface area contributed by atoms with Gasteiger partial charge in [0.25, 0.3) is 5.91 Å². The Morgan fingerprint density at radius 3 is 2.07 bits per heavy atom. The van der Waals surface area contributed by atoms with E-state index in [0.717, 1.165) is 33.7 Å². The van der Waals surface area contributed by atoms with Gasteiger partial charge >= 0.3 is 0 Å². The standard InChI is InChI=1S/C25H25NO2/c1-17-14-18(2)24(19(3)15-17)26-25(27)23(21-8-6-5-7-9-21)16-20-10-12-22(28-4)13-11-20/h5-16H,1-4H3,(H,26,27)/b23-16+. The molecule has 0 radical (unpaired) electrons. The first-order valence-electron chi connectivity index (χ1n) is 9.28. The fourth-order valence-electron chi connectivity index (χ4n) is 3.32. The second-order valence-electron chi connectivity index (χ2n) is 6.93. The van der Waals surface area contributed by atoms with Crippen LogP contribution in [0.25, 0.3) is 11.6 Å². The molecule has 0 unspecified atom stereocenters. The molecule has 0 heterocycles. The van der Waals surface area contributed by atoms with Gasteiger partial charge in [0.1, 0.15) is 5.75 Å². The van der Waals surface area contributed by atoms with Crippen LogP contribution in [0, 0.1) is 20.8 Å². The van der Waals surface area contributed by atoms with E-state index < -0.39 is 0 Å². The number of carbonyl (C=O) groups excluding carboxylic acids is 1. The maximum absolute atomic E-state index is 13.2. The van der Waals surface area contributed by atoms with Crippen molar-refractivity contribution in [1.82, 2.24) is 0 Å². The number of benzene rings is 3. The van der Waals surface area contributed by atoms with Crippen molar-refractivity contribution in [2.45, 2.75) is 20.8 Å². The quantitative estimate of drug-likeness (QED) is 0.455. The molecular formula is C25H25NO2. The molecule has 0 bridgehead atoms. The summed E-state index contributed by atoms with van der Waals surface area (Å²) in [6.45, 7) is 6.10. The van der Waals surface area contributed by atoms with Crippen molar-refractivity contribution >= 4 is 23.2 Å². The van der Waals surface area contributed by atoms with Crippen LogP contribution in [0.5, 0.6) is 5.75 Å². The molecule has 0 atom stereocenters. The van der Waals surface area contributed by atoms with Crippen molar-refractivity contribution in [2.75, 3.05) is 12.4 Å². The largest absolute Gasteiger partial charge is 0.497 e. The highest BCUT2D eigenvalue weighted by molar-refractivity contribution is 6.29. The van der Waals surface area contributed by atoms with Crippen LogP contribution in [-0.2, 0) is 4.79 Å². The number of anilines is 1. The number of hydrogen-bond acceptors (Lipinski definition) is 2. The van der Waals surface area contributed by atoms with E-state index in [1.807, 2.05) is 74.5 Å². The van der Waals surface area contributed by atoms with E-state index in [2.05, 4.69) is 24.4 Å². The van der Waals surface area contributed by atoms with Crippen molar-refractivity contribution in [1.29, 1.82) is 0 Å². The molecule has 0 saturated carbocycles. The van der Waals surface area contributed by atoms with Gasteiger partial charge in [0.2, 0.25) is 0 Å². The van der Waals surface area contributed by atoms with Gasteiger partial charge in [-0.3, -0.25) is 4.79 Å². The molecule has 0 spiro atoms. The van der Waals surface area contributed by atoms with Crippen LogP contribution in [0.1, 0.15) is 27.8 Å². The van der Waals surface area contributed by atoms with Crippen LogP contribution in [-0.4, -0.2) is 13.0 Å². The molecular weight excluding hydrogens is 346 g/mol. The van der Waals surface area contributed by atoms with E-state index in [4.69, 9.17) is 4.74 Å². The van der Waals surface area contributed by atoms with Gasteiger partial charge in [-0.05, 0) is 61.2 Å². The van der Waals surface area contributed by atoms with E-state index in [-0.39, 0.29) is 5.91 Å². The molecule has 0 aliphatic carbocycles. The molecule has 0 aliphatic heterocycles. The van der Waals surface area contributed by atoms with Crippen molar-refractivity contribution < 1.29 is 9.53 Å². The van der Waals surface area contributed by atoms with E-state index in [1.165, 1.54) is 5.56 Å². The molecule has 1 N–H and O–H groups in total. The van der Waals surface area contributed by atoms with Gasteiger partial charge in [0.15, 0.2) is 0 Å². The second-order valence-corrected chi connectivity index (χ2v) is 6.93. The highest BCUT2D eigenvalue weighted by atomic mass is 16.5. The summed E-state index contributed by atoms with van der Waals surface area (Å²) in [5.74, 6) is 0.658. The molecule has 1 amide bonds. The van der Waals surface area contributed by atoms with Gasteiger partial charge in [-0.1, -0.05) is 60.2 Å². The van der Waals surface area contributed by atoms with Gasteiger partial charge in [-0.15, -0.1) is 0 Å². The third-order valence-electron chi connectivity index (χ3n) is 4.67.